The third-order valence-electron chi connectivity index (χ3n) is 4.10. The summed E-state index contributed by atoms with van der Waals surface area (Å²) in [5, 5.41) is 2.85. The molecule has 1 N–H and O–H groups in total. The van der Waals surface area contributed by atoms with Gasteiger partial charge in [0.05, 0.1) is 7.11 Å². The fourth-order valence-electron chi connectivity index (χ4n) is 2.84. The van der Waals surface area contributed by atoms with Crippen molar-refractivity contribution in [1.82, 2.24) is 9.88 Å². The molecule has 1 aliphatic heterocycles. The zero-order chi connectivity index (χ0) is 16.9. The lowest BCUT2D eigenvalue weighted by Crippen LogP contribution is -2.43. The van der Waals surface area contributed by atoms with Crippen LogP contribution in [0, 0.1) is 0 Å². The van der Waals surface area contributed by atoms with Crippen LogP contribution in [0.1, 0.15) is 23.2 Å². The number of nitrogens with zero attached hydrogens (tertiary/aromatic N) is 2. The summed E-state index contributed by atoms with van der Waals surface area (Å²) < 4.78 is 5.11. The Hall–Kier alpha value is -2.89. The second-order valence-corrected chi connectivity index (χ2v) is 5.61. The van der Waals surface area contributed by atoms with Crippen molar-refractivity contribution in [3.05, 3.63) is 54.4 Å². The number of carbonyl (C=O) groups is 2. The monoisotopic (exact) mass is 325 g/mol. The number of nitrogens with one attached hydrogen (secondary N) is 1. The Bertz CT molecular complexity index is 716. The zero-order valence-corrected chi connectivity index (χ0v) is 13.4. The molecule has 1 aromatic carbocycles. The van der Waals surface area contributed by atoms with Gasteiger partial charge in [0.1, 0.15) is 11.8 Å². The van der Waals surface area contributed by atoms with E-state index < -0.39 is 6.04 Å². The van der Waals surface area contributed by atoms with Gasteiger partial charge in [-0.3, -0.25) is 14.6 Å². The van der Waals surface area contributed by atoms with Crippen LogP contribution < -0.4 is 10.1 Å². The first kappa shape index (κ1) is 16.0. The van der Waals surface area contributed by atoms with Gasteiger partial charge < -0.3 is 15.0 Å². The van der Waals surface area contributed by atoms with Gasteiger partial charge in [-0.1, -0.05) is 0 Å². The number of pyridine rings is 1. The number of rotatable bonds is 4. The smallest absolute Gasteiger partial charge is 0.254 e. The van der Waals surface area contributed by atoms with Crippen LogP contribution in [0.15, 0.2) is 48.8 Å². The topological polar surface area (TPSA) is 71.5 Å². The summed E-state index contributed by atoms with van der Waals surface area (Å²) in [6.07, 6.45) is 4.71. The number of hydrogen-bond acceptors (Lipinski definition) is 4. The third kappa shape index (κ3) is 3.37. The van der Waals surface area contributed by atoms with E-state index in [9.17, 15) is 9.59 Å². The molecule has 0 bridgehead atoms. The summed E-state index contributed by atoms with van der Waals surface area (Å²) in [5.41, 5.74) is 1.23. The number of methoxy groups -OCH3 is 1. The number of carbonyl (C=O) groups excluding carboxylic acids is 2. The number of benzene rings is 1. The Balaban J connectivity index is 1.72. The first-order chi connectivity index (χ1) is 11.7. The molecule has 2 amide bonds. The van der Waals surface area contributed by atoms with Crippen molar-refractivity contribution in [3.8, 4) is 5.75 Å². The average Bonchev–Trinajstić information content (AvgIpc) is 3.12. The van der Waals surface area contributed by atoms with E-state index in [0.717, 1.165) is 6.42 Å². The second-order valence-electron chi connectivity index (χ2n) is 5.61. The molecule has 1 aliphatic rings. The van der Waals surface area contributed by atoms with Crippen LogP contribution in [0.25, 0.3) is 0 Å². The van der Waals surface area contributed by atoms with Crippen LogP contribution in [-0.2, 0) is 4.79 Å². The molecule has 2 heterocycles. The number of hydrogen-bond donors (Lipinski definition) is 1. The SMILES string of the molecule is COc1ccc(C(=O)N2CCCC2C(=O)Nc2ccncc2)cc1. The number of ether oxygens (including phenoxy) is 1. The Labute approximate surface area is 140 Å². The molecule has 1 aromatic heterocycles. The summed E-state index contributed by atoms with van der Waals surface area (Å²) in [4.78, 5) is 30.8. The third-order valence-corrected chi connectivity index (χ3v) is 4.10. The summed E-state index contributed by atoms with van der Waals surface area (Å²) in [6.45, 7) is 0.583. The van der Waals surface area contributed by atoms with Gasteiger partial charge in [-0.25, -0.2) is 0 Å². The number of anilines is 1. The van der Waals surface area contributed by atoms with Crippen molar-refractivity contribution in [3.63, 3.8) is 0 Å². The summed E-state index contributed by atoms with van der Waals surface area (Å²) in [7, 11) is 1.58. The van der Waals surface area contributed by atoms with Crippen molar-refractivity contribution < 1.29 is 14.3 Å². The molecule has 2 aromatic rings. The Morgan fingerprint density at radius 3 is 2.54 bits per heavy atom. The highest BCUT2D eigenvalue weighted by Gasteiger charge is 2.34. The molecule has 1 fully saturated rings. The molecule has 0 spiro atoms. The van der Waals surface area contributed by atoms with E-state index in [4.69, 9.17) is 4.74 Å². The maximum atomic E-state index is 12.7. The minimum atomic E-state index is -0.451. The zero-order valence-electron chi connectivity index (χ0n) is 13.4. The molecule has 124 valence electrons. The largest absolute Gasteiger partial charge is 0.497 e. The molecule has 1 atom stereocenters. The lowest BCUT2D eigenvalue weighted by Gasteiger charge is -2.24. The fourth-order valence-corrected chi connectivity index (χ4v) is 2.84. The summed E-state index contributed by atoms with van der Waals surface area (Å²) >= 11 is 0. The van der Waals surface area contributed by atoms with Gasteiger partial charge in [0.25, 0.3) is 5.91 Å². The molecular formula is C18H19N3O3. The molecule has 6 heteroatoms. The van der Waals surface area contributed by atoms with Crippen molar-refractivity contribution in [2.45, 2.75) is 18.9 Å². The quantitative estimate of drug-likeness (QED) is 0.936. The van der Waals surface area contributed by atoms with Crippen molar-refractivity contribution in [2.24, 2.45) is 0 Å². The van der Waals surface area contributed by atoms with E-state index in [-0.39, 0.29) is 11.8 Å². The Morgan fingerprint density at radius 1 is 1.17 bits per heavy atom. The normalized spacial score (nSPS) is 16.7. The number of amides is 2. The van der Waals surface area contributed by atoms with E-state index in [0.29, 0.717) is 30.0 Å². The molecule has 0 radical (unpaired) electrons. The minimum absolute atomic E-state index is 0.134. The second kappa shape index (κ2) is 7.12. The van der Waals surface area contributed by atoms with Crippen LogP contribution >= 0.6 is 0 Å². The average molecular weight is 325 g/mol. The highest BCUT2D eigenvalue weighted by Crippen LogP contribution is 2.22. The molecule has 1 saturated heterocycles. The first-order valence-electron chi connectivity index (χ1n) is 7.85. The number of likely N-dealkylation sites (tertiary alicyclic amines) is 1. The predicted molar refractivity (Wildman–Crippen MR) is 89.9 cm³/mol. The van der Waals surface area contributed by atoms with Gasteiger partial charge in [0.15, 0.2) is 0 Å². The molecule has 6 nitrogen and oxygen atoms in total. The van der Waals surface area contributed by atoms with Gasteiger partial charge in [-0.2, -0.15) is 0 Å². The Kier molecular flexibility index (Phi) is 4.74. The van der Waals surface area contributed by atoms with E-state index in [1.54, 1.807) is 60.8 Å². The maximum absolute atomic E-state index is 12.7. The first-order valence-corrected chi connectivity index (χ1v) is 7.85. The predicted octanol–water partition coefficient (Wildman–Crippen LogP) is 2.33. The van der Waals surface area contributed by atoms with Crippen molar-refractivity contribution in [1.29, 1.82) is 0 Å². The highest BCUT2D eigenvalue weighted by molar-refractivity contribution is 6.01. The molecule has 1 unspecified atom stereocenters. The molecule has 24 heavy (non-hydrogen) atoms. The van der Waals surface area contributed by atoms with Gasteiger partial charge in [0.2, 0.25) is 5.91 Å². The summed E-state index contributed by atoms with van der Waals surface area (Å²) in [5.74, 6) is 0.394. The fraction of sp³-hybridized carbons (Fsp3) is 0.278. The molecular weight excluding hydrogens is 306 g/mol. The van der Waals surface area contributed by atoms with Crippen LogP contribution in [0.3, 0.4) is 0 Å². The maximum Gasteiger partial charge on any atom is 0.254 e. The van der Waals surface area contributed by atoms with Crippen LogP contribution in [-0.4, -0.2) is 41.4 Å². The van der Waals surface area contributed by atoms with Crippen LogP contribution in [0.4, 0.5) is 5.69 Å². The molecule has 0 saturated carbocycles. The van der Waals surface area contributed by atoms with E-state index in [2.05, 4.69) is 10.3 Å². The van der Waals surface area contributed by atoms with Crippen LogP contribution in [0.5, 0.6) is 5.75 Å². The molecule has 0 aliphatic carbocycles. The van der Waals surface area contributed by atoms with Crippen molar-refractivity contribution >= 4 is 17.5 Å². The van der Waals surface area contributed by atoms with Gasteiger partial charge >= 0.3 is 0 Å². The lowest BCUT2D eigenvalue weighted by molar-refractivity contribution is -0.119. The highest BCUT2D eigenvalue weighted by atomic mass is 16.5. The van der Waals surface area contributed by atoms with Gasteiger partial charge in [0, 0.05) is 30.2 Å². The van der Waals surface area contributed by atoms with Crippen molar-refractivity contribution in [2.75, 3.05) is 19.0 Å². The van der Waals surface area contributed by atoms with Gasteiger partial charge in [-0.05, 0) is 49.2 Å². The Morgan fingerprint density at radius 2 is 1.88 bits per heavy atom. The van der Waals surface area contributed by atoms with Crippen LogP contribution in [0.2, 0.25) is 0 Å². The standard InChI is InChI=1S/C18H19N3O3/c1-24-15-6-4-13(5-7-15)18(23)21-12-2-3-16(21)17(22)20-14-8-10-19-11-9-14/h4-11,16H,2-3,12H2,1H3,(H,19,20,22). The number of aromatic nitrogens is 1. The van der Waals surface area contributed by atoms with E-state index in [1.165, 1.54) is 0 Å². The van der Waals surface area contributed by atoms with E-state index >= 15 is 0 Å². The lowest BCUT2D eigenvalue weighted by atomic mass is 10.1. The summed E-state index contributed by atoms with van der Waals surface area (Å²) in [6, 6.07) is 9.93. The molecule has 3 rings (SSSR count). The minimum Gasteiger partial charge on any atom is -0.497 e. The van der Waals surface area contributed by atoms with E-state index in [1.807, 2.05) is 0 Å². The van der Waals surface area contributed by atoms with Gasteiger partial charge in [-0.15, -0.1) is 0 Å².